The number of fused-ring (bicyclic) bond motifs is 6. The fourth-order valence-corrected chi connectivity index (χ4v) is 20.1. The molecule has 73 heavy (non-hydrogen) atoms. The molecule has 2 unspecified atom stereocenters. The molecule has 0 saturated heterocycles. The molecule has 0 aromatic heterocycles. The van der Waals surface area contributed by atoms with Crippen LogP contribution in [-0.2, 0) is 57.3 Å². The third kappa shape index (κ3) is 6.85. The molecule has 3 aliphatic rings. The minimum atomic E-state index is -5.74. The van der Waals surface area contributed by atoms with Gasteiger partial charge in [0.25, 0.3) is 0 Å². The molecule has 0 amide bonds. The number of carbonyl (C=O) groups is 2. The van der Waals surface area contributed by atoms with E-state index in [0.717, 1.165) is 102 Å². The molecule has 2 aliphatic carbocycles. The van der Waals surface area contributed by atoms with E-state index in [2.05, 4.69) is 84.9 Å². The Morgan fingerprint density at radius 2 is 0.575 bits per heavy atom. The van der Waals surface area contributed by atoms with Gasteiger partial charge in [-0.15, -0.1) is 0 Å². The number of hydrogen-bond donors (Lipinski definition) is 0. The van der Waals surface area contributed by atoms with Crippen LogP contribution < -0.4 is 0 Å². The molecule has 10 aromatic carbocycles. The van der Waals surface area contributed by atoms with E-state index in [1.807, 2.05) is 182 Å². The first-order valence-electron chi connectivity index (χ1n) is 25.3. The van der Waals surface area contributed by atoms with Crippen molar-refractivity contribution in [2.45, 2.75) is 32.1 Å². The summed E-state index contributed by atoms with van der Waals surface area (Å²) in [5.74, 6) is -0.973. The van der Waals surface area contributed by atoms with E-state index in [-0.39, 0.29) is 0 Å². The summed E-state index contributed by atoms with van der Waals surface area (Å²) in [7, 11) is 0. The topological polar surface area (TPSA) is 52.6 Å². The molecule has 4 nitrogen and oxygen atoms in total. The van der Waals surface area contributed by atoms with E-state index in [4.69, 9.17) is 6.64 Å². The zero-order chi connectivity index (χ0) is 49.0. The molecule has 1 aliphatic heterocycles. The van der Waals surface area contributed by atoms with E-state index >= 15 is 9.59 Å². The van der Waals surface area contributed by atoms with Crippen LogP contribution in [0.5, 0.6) is 0 Å². The van der Waals surface area contributed by atoms with Gasteiger partial charge in [-0.1, -0.05) is 0 Å². The maximum atomic E-state index is 17.5. The van der Waals surface area contributed by atoms with Crippen molar-refractivity contribution in [2.24, 2.45) is 0 Å². The van der Waals surface area contributed by atoms with Crippen LogP contribution >= 0.6 is 0 Å². The van der Waals surface area contributed by atoms with Crippen LogP contribution in [0, 0.1) is 0 Å². The first kappa shape index (κ1) is 44.8. The summed E-state index contributed by atoms with van der Waals surface area (Å²) in [6.45, 7) is 0. The fraction of sp³-hybridized carbons (Fsp3) is 0.0882. The number of hydrogen-bond acceptors (Lipinski definition) is 4. The Morgan fingerprint density at radius 1 is 0.315 bits per heavy atom. The van der Waals surface area contributed by atoms with Gasteiger partial charge in [0.15, 0.2) is 0 Å². The van der Waals surface area contributed by atoms with Gasteiger partial charge in [0.2, 0.25) is 0 Å². The first-order valence-corrected chi connectivity index (χ1v) is 28.3. The van der Waals surface area contributed by atoms with Gasteiger partial charge in [0.05, 0.1) is 0 Å². The van der Waals surface area contributed by atoms with Crippen molar-refractivity contribution in [3.8, 4) is 22.3 Å². The van der Waals surface area contributed by atoms with Gasteiger partial charge in [-0.3, -0.25) is 0 Å². The Bertz CT molecular complexity index is 3240. The molecule has 1 heterocycles. The van der Waals surface area contributed by atoms with Crippen molar-refractivity contribution in [3.05, 3.63) is 334 Å². The quantitative estimate of drug-likeness (QED) is 0.101. The van der Waals surface area contributed by atoms with E-state index in [1.54, 1.807) is 0 Å². The predicted octanol–water partition coefficient (Wildman–Crippen LogP) is 14.8. The molecule has 2 atom stereocenters. The molecule has 350 valence electrons. The van der Waals surface area contributed by atoms with Gasteiger partial charge in [-0.05, 0) is 0 Å². The molecule has 0 spiro atoms. The van der Waals surface area contributed by atoms with E-state index in [0.29, 0.717) is 0 Å². The van der Waals surface area contributed by atoms with Crippen molar-refractivity contribution in [3.63, 3.8) is 0 Å². The predicted molar refractivity (Wildman–Crippen MR) is 285 cm³/mol. The van der Waals surface area contributed by atoms with Crippen molar-refractivity contribution in [2.75, 3.05) is 0 Å². The second-order valence-electron chi connectivity index (χ2n) is 19.5. The van der Waals surface area contributed by atoms with Gasteiger partial charge in [-0.2, -0.15) is 0 Å². The van der Waals surface area contributed by atoms with Crippen LogP contribution in [0.4, 0.5) is 0 Å². The molecule has 13 rings (SSSR count). The van der Waals surface area contributed by atoms with Crippen LogP contribution in [0.1, 0.15) is 75.2 Å². The Hall–Kier alpha value is -8.15. The SMILES string of the molecule is O=C([O][Ti]1([O]C(=O)C(c2ccccc2)(c2ccccc2)c2ccccc2)[CH]2c3ccccc3-c3cccc(c32)CCc2cccc3c2[CH]1c1ccccc1-3)C(c1ccccc1)(c1ccccc1)c1ccccc1. The Balaban J connectivity index is 1.19. The summed E-state index contributed by atoms with van der Waals surface area (Å²) in [6.07, 6.45) is 1.49. The fourth-order valence-electron chi connectivity index (χ4n) is 12.9. The third-order valence-electron chi connectivity index (χ3n) is 15.9. The van der Waals surface area contributed by atoms with Crippen LogP contribution in [-0.4, -0.2) is 11.9 Å². The standard InChI is InChI=1S/C28H20.2C20H16O2.Ti/c1-3-11-23-21(7-1)17-27-19(9-5-13-25(23)27)15-16-20-10-6-14-26-24-12-4-2-8-22(24)18-28(20)26;2*21-19(22)20(16-10-4-1-5-11-16,17-12-6-2-7-13-17)18-14-8-3-9-15-18;/h1-14,17-18H,15-16H2;2*1-15H,(H,21,22);/q;;;+2/p-2. The van der Waals surface area contributed by atoms with Gasteiger partial charge in [0.1, 0.15) is 0 Å². The van der Waals surface area contributed by atoms with Crippen molar-refractivity contribution >= 4 is 11.9 Å². The minimum absolute atomic E-state index is 0.486. The van der Waals surface area contributed by atoms with Gasteiger partial charge in [-0.25, -0.2) is 0 Å². The van der Waals surface area contributed by atoms with Crippen LogP contribution in [0.2, 0.25) is 0 Å². The second kappa shape index (κ2) is 18.2. The average Bonchev–Trinajstić information content (AvgIpc) is 4.00. The van der Waals surface area contributed by atoms with E-state index in [9.17, 15) is 0 Å². The van der Waals surface area contributed by atoms with Crippen LogP contribution in [0.25, 0.3) is 22.3 Å². The molecule has 0 N–H and O–H groups in total. The number of aryl methyl sites for hydroxylation is 2. The maximum absolute atomic E-state index is 17.5. The first-order chi connectivity index (χ1) is 36.0. The van der Waals surface area contributed by atoms with Crippen LogP contribution in [0.3, 0.4) is 0 Å². The molecule has 10 aromatic rings. The van der Waals surface area contributed by atoms with Crippen molar-refractivity contribution < 1.29 is 33.6 Å². The zero-order valence-electron chi connectivity index (χ0n) is 40.1. The molecular weight excluding hydrogens is 929 g/mol. The normalized spacial score (nSPS) is 15.8. The summed E-state index contributed by atoms with van der Waals surface area (Å²) in [5, 5.41) is 0. The van der Waals surface area contributed by atoms with Gasteiger partial charge >= 0.3 is 434 Å². The number of rotatable bonds is 10. The van der Waals surface area contributed by atoms with Gasteiger partial charge in [0, 0.05) is 0 Å². The summed E-state index contributed by atoms with van der Waals surface area (Å²) in [6, 6.07) is 90.3. The number of benzene rings is 10. The molecule has 5 heteroatoms. The Morgan fingerprint density at radius 3 is 0.877 bits per heavy atom. The summed E-state index contributed by atoms with van der Waals surface area (Å²) in [5.41, 5.74) is 12.2. The van der Waals surface area contributed by atoms with Gasteiger partial charge < -0.3 is 0 Å². The molecule has 0 radical (unpaired) electrons. The van der Waals surface area contributed by atoms with E-state index < -0.39 is 48.6 Å². The second-order valence-corrected chi connectivity index (χ2v) is 24.2. The summed E-state index contributed by atoms with van der Waals surface area (Å²) >= 11 is -5.74. The Labute approximate surface area is 430 Å². The summed E-state index contributed by atoms with van der Waals surface area (Å²) in [4.78, 5) is 35.0. The van der Waals surface area contributed by atoms with E-state index in [1.165, 1.54) is 0 Å². The third-order valence-corrected chi connectivity index (χ3v) is 21.9. The van der Waals surface area contributed by atoms with Crippen LogP contribution in [0.15, 0.2) is 267 Å². The molecular formula is C68H50O4Ti. The molecule has 0 saturated carbocycles. The summed E-state index contributed by atoms with van der Waals surface area (Å²) < 4.78 is 15.3. The number of carbonyl (C=O) groups excluding carboxylic acids is 2. The zero-order valence-corrected chi connectivity index (χ0v) is 41.7. The monoisotopic (exact) mass is 978 g/mol. The average molecular weight is 979 g/mol. The molecule has 0 fully saturated rings. The molecule has 0 bridgehead atoms. The Kier molecular flexibility index (Phi) is 11.1. The van der Waals surface area contributed by atoms with Crippen molar-refractivity contribution in [1.82, 2.24) is 0 Å². The van der Waals surface area contributed by atoms with Crippen molar-refractivity contribution in [1.29, 1.82) is 0 Å².